The van der Waals surface area contributed by atoms with Gasteiger partial charge >= 0.3 is 5.97 Å². The lowest BCUT2D eigenvalue weighted by Crippen LogP contribution is -2.60. The van der Waals surface area contributed by atoms with Gasteiger partial charge in [-0.25, -0.2) is 5.43 Å². The summed E-state index contributed by atoms with van der Waals surface area (Å²) in [5, 5.41) is 14.2. The molecule has 2 amide bonds. The normalized spacial score (nSPS) is 23.2. The van der Waals surface area contributed by atoms with Crippen molar-refractivity contribution in [1.29, 1.82) is 0 Å². The van der Waals surface area contributed by atoms with Crippen LogP contribution in [0.5, 0.6) is 0 Å². The maximum atomic E-state index is 12.7. The fourth-order valence-corrected chi connectivity index (χ4v) is 3.34. The van der Waals surface area contributed by atoms with Crippen molar-refractivity contribution >= 4 is 17.8 Å². The summed E-state index contributed by atoms with van der Waals surface area (Å²) in [6, 6.07) is -1.42. The average Bonchev–Trinajstić information content (AvgIpc) is 2.70. The standard InChI is InChI=1S/C20H35N3O6/c1-13(21-17(25)16(24)14-7-10-28-11-8-14)18(26)23-9-5-6-15(22-23)19(27)29-12-20(2,3)4/h13-16,22,24H,5-12H2,1-4H3,(H,21,25)/t13-,15-,16-/m0/s1. The van der Waals surface area contributed by atoms with Crippen LogP contribution in [0.2, 0.25) is 0 Å². The van der Waals surface area contributed by atoms with Gasteiger partial charge < -0.3 is 19.9 Å². The van der Waals surface area contributed by atoms with Crippen molar-refractivity contribution in [2.45, 2.75) is 71.6 Å². The fourth-order valence-electron chi connectivity index (χ4n) is 3.34. The molecular formula is C20H35N3O6. The molecule has 166 valence electrons. The van der Waals surface area contributed by atoms with Crippen LogP contribution in [0.3, 0.4) is 0 Å². The van der Waals surface area contributed by atoms with Gasteiger partial charge in [-0.2, -0.15) is 0 Å². The summed E-state index contributed by atoms with van der Waals surface area (Å²) in [5.41, 5.74) is 2.78. The minimum atomic E-state index is -1.16. The fraction of sp³-hybridized carbons (Fsp3) is 0.850. The summed E-state index contributed by atoms with van der Waals surface area (Å²) in [6.07, 6.45) is 1.30. The second-order valence-corrected chi connectivity index (χ2v) is 9.11. The molecule has 0 radical (unpaired) electrons. The summed E-state index contributed by atoms with van der Waals surface area (Å²) < 4.78 is 10.6. The van der Waals surface area contributed by atoms with Gasteiger partial charge in [-0.05, 0) is 43.9 Å². The Morgan fingerprint density at radius 2 is 1.90 bits per heavy atom. The molecule has 0 saturated carbocycles. The first-order chi connectivity index (χ1) is 13.6. The van der Waals surface area contributed by atoms with Gasteiger partial charge in [0, 0.05) is 19.8 Å². The molecule has 0 spiro atoms. The monoisotopic (exact) mass is 413 g/mol. The maximum absolute atomic E-state index is 12.7. The molecule has 0 aromatic heterocycles. The quantitative estimate of drug-likeness (QED) is 0.538. The number of aliphatic hydroxyl groups excluding tert-OH is 1. The highest BCUT2D eigenvalue weighted by Crippen LogP contribution is 2.19. The van der Waals surface area contributed by atoms with Gasteiger partial charge in [0.25, 0.3) is 5.91 Å². The predicted octanol–water partition coefficient (Wildman–Crippen LogP) is 0.364. The molecule has 3 N–H and O–H groups in total. The molecule has 29 heavy (non-hydrogen) atoms. The summed E-state index contributed by atoms with van der Waals surface area (Å²) in [4.78, 5) is 37.3. The number of aliphatic hydroxyl groups is 1. The molecular weight excluding hydrogens is 378 g/mol. The topological polar surface area (TPSA) is 117 Å². The van der Waals surface area contributed by atoms with Gasteiger partial charge in [-0.15, -0.1) is 0 Å². The zero-order valence-electron chi connectivity index (χ0n) is 17.9. The van der Waals surface area contributed by atoms with Crippen molar-refractivity contribution in [1.82, 2.24) is 15.8 Å². The van der Waals surface area contributed by atoms with E-state index in [-0.39, 0.29) is 23.2 Å². The van der Waals surface area contributed by atoms with Gasteiger partial charge in [0.05, 0.1) is 6.61 Å². The molecule has 0 aromatic carbocycles. The number of carbonyl (C=O) groups is 3. The van der Waals surface area contributed by atoms with Crippen LogP contribution >= 0.6 is 0 Å². The Bertz CT molecular complexity index is 585. The van der Waals surface area contributed by atoms with E-state index in [4.69, 9.17) is 9.47 Å². The van der Waals surface area contributed by atoms with E-state index >= 15 is 0 Å². The van der Waals surface area contributed by atoms with Gasteiger partial charge in [0.15, 0.2) is 0 Å². The van der Waals surface area contributed by atoms with E-state index in [0.29, 0.717) is 52.0 Å². The number of hydrazine groups is 1. The van der Waals surface area contributed by atoms with Gasteiger partial charge in [-0.3, -0.25) is 19.4 Å². The molecule has 9 heteroatoms. The summed E-state index contributed by atoms with van der Waals surface area (Å²) in [6.45, 7) is 9.28. The lowest BCUT2D eigenvalue weighted by molar-refractivity contribution is -0.155. The molecule has 2 rings (SSSR count). The first kappa shape index (κ1) is 23.6. The van der Waals surface area contributed by atoms with Crippen LogP contribution in [0.4, 0.5) is 0 Å². The molecule has 0 aliphatic carbocycles. The minimum absolute atomic E-state index is 0.135. The van der Waals surface area contributed by atoms with Crippen molar-refractivity contribution in [3.8, 4) is 0 Å². The number of rotatable bonds is 6. The molecule has 2 heterocycles. The Morgan fingerprint density at radius 1 is 1.24 bits per heavy atom. The van der Waals surface area contributed by atoms with E-state index < -0.39 is 24.1 Å². The zero-order valence-corrected chi connectivity index (χ0v) is 17.9. The van der Waals surface area contributed by atoms with Crippen molar-refractivity contribution in [3.05, 3.63) is 0 Å². The van der Waals surface area contributed by atoms with Crippen LogP contribution < -0.4 is 10.7 Å². The molecule has 0 bridgehead atoms. The molecule has 0 unspecified atom stereocenters. The second kappa shape index (κ2) is 10.4. The third-order valence-corrected chi connectivity index (χ3v) is 5.09. The smallest absolute Gasteiger partial charge is 0.324 e. The first-order valence-electron chi connectivity index (χ1n) is 10.4. The Morgan fingerprint density at radius 3 is 2.52 bits per heavy atom. The lowest BCUT2D eigenvalue weighted by Gasteiger charge is -2.35. The van der Waals surface area contributed by atoms with Gasteiger partial charge in [0.2, 0.25) is 5.91 Å². The molecule has 0 aromatic rings. The number of nitrogens with zero attached hydrogens (tertiary/aromatic N) is 1. The number of hydrogen-bond acceptors (Lipinski definition) is 7. The number of hydrogen-bond donors (Lipinski definition) is 3. The van der Waals surface area contributed by atoms with Crippen LogP contribution in [0.1, 0.15) is 53.4 Å². The average molecular weight is 414 g/mol. The Kier molecular flexibility index (Phi) is 8.42. The Balaban J connectivity index is 1.84. The SMILES string of the molecule is C[C@H](NC(=O)[C@@H](O)C1CCOCC1)C(=O)N1CCC[C@@H](C(=O)OCC(C)(C)C)N1. The Hall–Kier alpha value is -1.71. The molecule has 2 aliphatic rings. The summed E-state index contributed by atoms with van der Waals surface area (Å²) in [5.74, 6) is -1.47. The first-order valence-corrected chi connectivity index (χ1v) is 10.4. The van der Waals surface area contributed by atoms with E-state index in [1.807, 2.05) is 20.8 Å². The van der Waals surface area contributed by atoms with E-state index in [1.54, 1.807) is 6.92 Å². The molecule has 2 aliphatic heterocycles. The van der Waals surface area contributed by atoms with Gasteiger partial charge in [-0.1, -0.05) is 20.8 Å². The molecule has 2 fully saturated rings. The van der Waals surface area contributed by atoms with Crippen LogP contribution in [0.25, 0.3) is 0 Å². The number of amides is 2. The van der Waals surface area contributed by atoms with Crippen molar-refractivity contribution in [2.75, 3.05) is 26.4 Å². The van der Waals surface area contributed by atoms with Crippen LogP contribution in [-0.2, 0) is 23.9 Å². The highest BCUT2D eigenvalue weighted by Gasteiger charge is 2.34. The van der Waals surface area contributed by atoms with Crippen molar-refractivity contribution < 1.29 is 29.0 Å². The van der Waals surface area contributed by atoms with E-state index in [1.165, 1.54) is 5.01 Å². The van der Waals surface area contributed by atoms with Crippen LogP contribution in [0, 0.1) is 11.3 Å². The predicted molar refractivity (Wildman–Crippen MR) is 105 cm³/mol. The van der Waals surface area contributed by atoms with Gasteiger partial charge in [0.1, 0.15) is 18.2 Å². The van der Waals surface area contributed by atoms with Crippen molar-refractivity contribution in [3.63, 3.8) is 0 Å². The van der Waals surface area contributed by atoms with E-state index in [2.05, 4.69) is 10.7 Å². The number of ether oxygens (including phenoxy) is 2. The van der Waals surface area contributed by atoms with E-state index in [9.17, 15) is 19.5 Å². The number of esters is 1. The number of nitrogens with one attached hydrogen (secondary N) is 2. The third kappa shape index (κ3) is 7.24. The van der Waals surface area contributed by atoms with Crippen LogP contribution in [-0.4, -0.2) is 72.5 Å². The lowest BCUT2D eigenvalue weighted by atomic mass is 9.93. The second-order valence-electron chi connectivity index (χ2n) is 9.11. The Labute approximate surface area is 172 Å². The summed E-state index contributed by atoms with van der Waals surface area (Å²) >= 11 is 0. The van der Waals surface area contributed by atoms with Crippen LogP contribution in [0.15, 0.2) is 0 Å². The zero-order chi connectivity index (χ0) is 21.6. The third-order valence-electron chi connectivity index (χ3n) is 5.09. The number of carbonyl (C=O) groups excluding carboxylic acids is 3. The maximum Gasteiger partial charge on any atom is 0.324 e. The molecule has 2 saturated heterocycles. The highest BCUT2D eigenvalue weighted by atomic mass is 16.5. The largest absolute Gasteiger partial charge is 0.464 e. The molecule has 3 atom stereocenters. The minimum Gasteiger partial charge on any atom is -0.464 e. The van der Waals surface area contributed by atoms with Crippen molar-refractivity contribution in [2.24, 2.45) is 11.3 Å². The molecule has 9 nitrogen and oxygen atoms in total. The summed E-state index contributed by atoms with van der Waals surface area (Å²) in [7, 11) is 0. The van der Waals surface area contributed by atoms with E-state index in [0.717, 1.165) is 0 Å². The highest BCUT2D eigenvalue weighted by molar-refractivity contribution is 5.89.